The van der Waals surface area contributed by atoms with E-state index in [0.29, 0.717) is 19.0 Å². The van der Waals surface area contributed by atoms with Crippen LogP contribution in [0.1, 0.15) is 30.0 Å². The number of amides is 1. The van der Waals surface area contributed by atoms with Gasteiger partial charge in [0.1, 0.15) is 0 Å². The van der Waals surface area contributed by atoms with E-state index in [4.69, 9.17) is 0 Å². The Morgan fingerprint density at radius 3 is 2.86 bits per heavy atom. The van der Waals surface area contributed by atoms with E-state index >= 15 is 0 Å². The average molecular weight is 281 g/mol. The molecule has 21 heavy (non-hydrogen) atoms. The molecule has 1 saturated carbocycles. The molecule has 0 aliphatic heterocycles. The molecule has 1 aromatic carbocycles. The second-order valence-electron chi connectivity index (χ2n) is 5.31. The first-order valence-corrected chi connectivity index (χ1v) is 7.35. The van der Waals surface area contributed by atoms with Crippen molar-refractivity contribution < 1.29 is 4.79 Å². The maximum absolute atomic E-state index is 11.7. The Hall–Kier alpha value is -2.36. The Balaban J connectivity index is 1.42. The number of carbonyl (C=O) groups excluding carboxylic acids is 1. The molecule has 108 valence electrons. The zero-order chi connectivity index (χ0) is 14.5. The van der Waals surface area contributed by atoms with E-state index in [9.17, 15) is 4.79 Å². The Labute approximate surface area is 124 Å². The third kappa shape index (κ3) is 4.05. The number of benzene rings is 1. The fraction of sp³-hybridized carbons (Fsp3) is 0.294. The third-order valence-corrected chi connectivity index (χ3v) is 3.52. The molecule has 0 saturated heterocycles. The van der Waals surface area contributed by atoms with Crippen LogP contribution in [0.3, 0.4) is 0 Å². The quantitative estimate of drug-likeness (QED) is 0.827. The van der Waals surface area contributed by atoms with Crippen molar-refractivity contribution in [2.45, 2.75) is 25.3 Å². The molecule has 4 heteroatoms. The van der Waals surface area contributed by atoms with Crippen molar-refractivity contribution >= 4 is 12.0 Å². The van der Waals surface area contributed by atoms with Gasteiger partial charge in [0, 0.05) is 24.7 Å². The van der Waals surface area contributed by atoms with Crippen LogP contribution in [0.2, 0.25) is 0 Å². The number of hydrogen-bond acceptors (Lipinski definition) is 2. The van der Waals surface area contributed by atoms with Crippen molar-refractivity contribution in [3.05, 3.63) is 59.9 Å². The standard InChI is InChI=1S/C17H19N3O/c21-17(9-6-14-4-2-1-3-5-14)18-11-13-20-12-10-16(19-20)15-7-8-15/h1-6,9-10,12,15H,7-8,11,13H2,(H,18,21)/b9-6+. The molecule has 0 atom stereocenters. The third-order valence-electron chi connectivity index (χ3n) is 3.52. The Morgan fingerprint density at radius 2 is 2.10 bits per heavy atom. The Morgan fingerprint density at radius 1 is 1.29 bits per heavy atom. The zero-order valence-electron chi connectivity index (χ0n) is 11.9. The van der Waals surface area contributed by atoms with Crippen LogP contribution in [0.15, 0.2) is 48.7 Å². The van der Waals surface area contributed by atoms with Gasteiger partial charge in [-0.15, -0.1) is 0 Å². The van der Waals surface area contributed by atoms with Gasteiger partial charge in [0.25, 0.3) is 0 Å². The summed E-state index contributed by atoms with van der Waals surface area (Å²) in [6, 6.07) is 11.9. The summed E-state index contributed by atoms with van der Waals surface area (Å²) in [5.74, 6) is 0.600. The number of nitrogens with one attached hydrogen (secondary N) is 1. The van der Waals surface area contributed by atoms with Gasteiger partial charge in [-0.25, -0.2) is 0 Å². The lowest BCUT2D eigenvalue weighted by molar-refractivity contribution is -0.116. The number of rotatable bonds is 6. The van der Waals surface area contributed by atoms with Crippen molar-refractivity contribution in [3.8, 4) is 0 Å². The largest absolute Gasteiger partial charge is 0.351 e. The van der Waals surface area contributed by atoms with Gasteiger partial charge in [0.05, 0.1) is 12.2 Å². The number of aromatic nitrogens is 2. The maximum atomic E-state index is 11.7. The SMILES string of the molecule is O=C(/C=C/c1ccccc1)NCCn1ccc(C2CC2)n1. The summed E-state index contributed by atoms with van der Waals surface area (Å²) < 4.78 is 1.90. The lowest BCUT2D eigenvalue weighted by atomic mass is 10.2. The topological polar surface area (TPSA) is 46.9 Å². The Bertz CT molecular complexity index is 626. The normalized spacial score (nSPS) is 14.5. The minimum absolute atomic E-state index is 0.0755. The molecule has 4 nitrogen and oxygen atoms in total. The van der Waals surface area contributed by atoms with E-state index < -0.39 is 0 Å². The van der Waals surface area contributed by atoms with E-state index in [1.54, 1.807) is 6.08 Å². The molecule has 2 aromatic rings. The van der Waals surface area contributed by atoms with Crippen LogP contribution >= 0.6 is 0 Å². The summed E-state index contributed by atoms with van der Waals surface area (Å²) in [5, 5.41) is 7.38. The smallest absolute Gasteiger partial charge is 0.244 e. The van der Waals surface area contributed by atoms with Gasteiger partial charge < -0.3 is 5.32 Å². The highest BCUT2D eigenvalue weighted by Gasteiger charge is 2.25. The summed E-state index contributed by atoms with van der Waals surface area (Å²) in [5.41, 5.74) is 2.21. The first kappa shape index (κ1) is 13.6. The molecular formula is C17H19N3O. The molecule has 0 bridgehead atoms. The highest BCUT2D eigenvalue weighted by Crippen LogP contribution is 2.38. The predicted octanol–water partition coefficient (Wildman–Crippen LogP) is 2.59. The number of nitrogens with zero attached hydrogens (tertiary/aromatic N) is 2. The summed E-state index contributed by atoms with van der Waals surface area (Å²) in [6.45, 7) is 1.29. The fourth-order valence-electron chi connectivity index (χ4n) is 2.19. The molecule has 1 heterocycles. The molecule has 1 amide bonds. The molecule has 0 unspecified atom stereocenters. The molecule has 1 aliphatic carbocycles. The minimum Gasteiger partial charge on any atom is -0.351 e. The van der Waals surface area contributed by atoms with Gasteiger partial charge in [0.2, 0.25) is 5.91 Å². The Kier molecular flexibility index (Phi) is 4.15. The highest BCUT2D eigenvalue weighted by molar-refractivity contribution is 5.91. The summed E-state index contributed by atoms with van der Waals surface area (Å²) >= 11 is 0. The van der Waals surface area contributed by atoms with Crippen LogP contribution in [0.4, 0.5) is 0 Å². The monoisotopic (exact) mass is 281 g/mol. The molecule has 1 fully saturated rings. The summed E-state index contributed by atoms with van der Waals surface area (Å²) in [4.78, 5) is 11.7. The van der Waals surface area contributed by atoms with Gasteiger partial charge in [-0.3, -0.25) is 9.48 Å². The van der Waals surface area contributed by atoms with Crippen LogP contribution in [-0.2, 0) is 11.3 Å². The van der Waals surface area contributed by atoms with Crippen molar-refractivity contribution in [1.29, 1.82) is 0 Å². The van der Waals surface area contributed by atoms with E-state index in [1.807, 2.05) is 47.3 Å². The second kappa shape index (κ2) is 6.39. The van der Waals surface area contributed by atoms with E-state index in [2.05, 4.69) is 16.5 Å². The molecule has 1 aliphatic rings. The van der Waals surface area contributed by atoms with Crippen LogP contribution < -0.4 is 5.32 Å². The molecule has 0 spiro atoms. The van der Waals surface area contributed by atoms with Gasteiger partial charge in [-0.2, -0.15) is 5.10 Å². The van der Waals surface area contributed by atoms with Crippen molar-refractivity contribution in [3.63, 3.8) is 0 Å². The van der Waals surface area contributed by atoms with Crippen molar-refractivity contribution in [1.82, 2.24) is 15.1 Å². The van der Waals surface area contributed by atoms with Gasteiger partial charge >= 0.3 is 0 Å². The molecular weight excluding hydrogens is 262 g/mol. The molecule has 1 N–H and O–H groups in total. The highest BCUT2D eigenvalue weighted by atomic mass is 16.1. The van der Waals surface area contributed by atoms with Crippen molar-refractivity contribution in [2.24, 2.45) is 0 Å². The van der Waals surface area contributed by atoms with Crippen molar-refractivity contribution in [2.75, 3.05) is 6.54 Å². The number of carbonyl (C=O) groups is 1. The van der Waals surface area contributed by atoms with Gasteiger partial charge in [-0.05, 0) is 30.5 Å². The summed E-state index contributed by atoms with van der Waals surface area (Å²) in [6.07, 6.45) is 7.89. The lowest BCUT2D eigenvalue weighted by Crippen LogP contribution is -2.25. The van der Waals surface area contributed by atoms with Gasteiger partial charge in [0.15, 0.2) is 0 Å². The van der Waals surface area contributed by atoms with E-state index in [0.717, 1.165) is 5.56 Å². The zero-order valence-corrected chi connectivity index (χ0v) is 11.9. The lowest BCUT2D eigenvalue weighted by Gasteiger charge is -2.02. The number of hydrogen-bond donors (Lipinski definition) is 1. The summed E-state index contributed by atoms with van der Waals surface area (Å²) in [7, 11) is 0. The first-order valence-electron chi connectivity index (χ1n) is 7.35. The van der Waals surface area contributed by atoms with Crippen LogP contribution in [-0.4, -0.2) is 22.2 Å². The fourth-order valence-corrected chi connectivity index (χ4v) is 2.19. The van der Waals surface area contributed by atoms with E-state index in [-0.39, 0.29) is 5.91 Å². The second-order valence-corrected chi connectivity index (χ2v) is 5.31. The molecule has 3 rings (SSSR count). The molecule has 1 aromatic heterocycles. The van der Waals surface area contributed by atoms with Gasteiger partial charge in [-0.1, -0.05) is 30.3 Å². The minimum atomic E-state index is -0.0755. The first-order chi connectivity index (χ1) is 10.3. The van der Waals surface area contributed by atoms with Crippen LogP contribution in [0, 0.1) is 0 Å². The predicted molar refractivity (Wildman–Crippen MR) is 82.7 cm³/mol. The van der Waals surface area contributed by atoms with Crippen LogP contribution in [0.25, 0.3) is 6.08 Å². The van der Waals surface area contributed by atoms with Crippen LogP contribution in [0.5, 0.6) is 0 Å². The average Bonchev–Trinajstić information content (AvgIpc) is 3.26. The maximum Gasteiger partial charge on any atom is 0.244 e. The molecule has 0 radical (unpaired) electrons. The van der Waals surface area contributed by atoms with E-state index in [1.165, 1.54) is 18.5 Å².